The van der Waals surface area contributed by atoms with Gasteiger partial charge in [0.1, 0.15) is 6.54 Å². The highest BCUT2D eigenvalue weighted by atomic mass is 14.9. The van der Waals surface area contributed by atoms with Gasteiger partial charge in [-0.25, -0.2) is 9.13 Å². The van der Waals surface area contributed by atoms with E-state index in [1.165, 1.54) is 55.6 Å². The number of benzene rings is 2. The monoisotopic (exact) mass is 422 g/mol. The van der Waals surface area contributed by atoms with Crippen molar-refractivity contribution in [3.8, 4) is 22.3 Å². The van der Waals surface area contributed by atoms with Crippen LogP contribution < -0.4 is 9.13 Å². The van der Waals surface area contributed by atoms with Crippen LogP contribution in [0.15, 0.2) is 73.3 Å². The maximum atomic E-state index is 2.30. The van der Waals surface area contributed by atoms with Crippen LogP contribution >= 0.6 is 0 Å². The molecule has 0 radical (unpaired) electrons. The van der Waals surface area contributed by atoms with Gasteiger partial charge in [0.2, 0.25) is 0 Å². The van der Waals surface area contributed by atoms with E-state index < -0.39 is 0 Å². The number of hydrogen-bond acceptors (Lipinski definition) is 0. The molecule has 162 valence electrons. The lowest BCUT2D eigenvalue weighted by Crippen LogP contribution is -2.34. The van der Waals surface area contributed by atoms with Crippen LogP contribution in [0.1, 0.15) is 40.3 Å². The average Bonchev–Trinajstić information content (AvgIpc) is 2.76. The minimum atomic E-state index is 0.906. The van der Waals surface area contributed by atoms with E-state index in [9.17, 15) is 0 Å². The largest absolute Gasteiger partial charge is 0.205 e. The fourth-order valence-corrected chi connectivity index (χ4v) is 4.74. The van der Waals surface area contributed by atoms with Crippen molar-refractivity contribution in [2.45, 2.75) is 54.6 Å². The van der Waals surface area contributed by atoms with Gasteiger partial charge in [-0.05, 0) is 74.9 Å². The maximum absolute atomic E-state index is 2.30. The summed E-state index contributed by atoms with van der Waals surface area (Å²) >= 11 is 0. The fraction of sp³-hybridized carbons (Fsp3) is 0.267. The van der Waals surface area contributed by atoms with Gasteiger partial charge in [0.15, 0.2) is 31.3 Å². The minimum Gasteiger partial charge on any atom is -0.205 e. The van der Waals surface area contributed by atoms with Crippen molar-refractivity contribution >= 4 is 0 Å². The number of rotatable bonds is 5. The topological polar surface area (TPSA) is 7.76 Å². The van der Waals surface area contributed by atoms with Crippen LogP contribution in [0.4, 0.5) is 0 Å². The molecule has 32 heavy (non-hydrogen) atoms. The van der Waals surface area contributed by atoms with Gasteiger partial charge in [0.05, 0.1) is 0 Å². The van der Waals surface area contributed by atoms with E-state index in [0.29, 0.717) is 0 Å². The van der Waals surface area contributed by atoms with E-state index >= 15 is 0 Å². The van der Waals surface area contributed by atoms with Crippen molar-refractivity contribution in [1.29, 1.82) is 0 Å². The molecule has 0 aliphatic heterocycles. The lowest BCUT2D eigenvalue weighted by atomic mass is 9.97. The summed E-state index contributed by atoms with van der Waals surface area (Å²) in [6.07, 6.45) is 8.86. The summed E-state index contributed by atoms with van der Waals surface area (Å²) < 4.78 is 4.52. The zero-order valence-corrected chi connectivity index (χ0v) is 20.2. The van der Waals surface area contributed by atoms with E-state index in [4.69, 9.17) is 0 Å². The second-order valence-electron chi connectivity index (χ2n) is 9.04. The first-order valence-corrected chi connectivity index (χ1v) is 11.5. The Bertz CT molecular complexity index is 1240. The van der Waals surface area contributed by atoms with Crippen molar-refractivity contribution in [3.63, 3.8) is 0 Å². The second-order valence-corrected chi connectivity index (χ2v) is 9.04. The molecule has 0 saturated heterocycles. The summed E-state index contributed by atoms with van der Waals surface area (Å²) in [5, 5.41) is 0. The SMILES string of the molecule is CC[n+]1ccc(-c2ccc(-c3cc[n+](Cc4c(C)cc(C)cc4C)cc3C)cc2)c(C)c1. The molecule has 4 aromatic rings. The van der Waals surface area contributed by atoms with Gasteiger partial charge in [-0.3, -0.25) is 0 Å². The van der Waals surface area contributed by atoms with Crippen molar-refractivity contribution in [3.05, 3.63) is 107 Å². The quantitative estimate of drug-likeness (QED) is 0.338. The van der Waals surface area contributed by atoms with Gasteiger partial charge in [0, 0.05) is 28.8 Å². The smallest absolute Gasteiger partial charge is 0.174 e. The standard InChI is InChI=1S/C30H34N2/c1-7-31-14-12-28(24(5)18-31)26-8-10-27(11-9-26)29-13-15-32(19-25(29)6)20-30-22(3)16-21(2)17-23(30)4/h8-19H,7,20H2,1-6H3/q+2. The van der Waals surface area contributed by atoms with Crippen LogP contribution in [0.25, 0.3) is 22.3 Å². The van der Waals surface area contributed by atoms with Crippen molar-refractivity contribution in [1.82, 2.24) is 0 Å². The van der Waals surface area contributed by atoms with Crippen molar-refractivity contribution in [2.75, 3.05) is 0 Å². The Morgan fingerprint density at radius 3 is 1.53 bits per heavy atom. The Kier molecular flexibility index (Phi) is 6.23. The molecular formula is C30H34N2+2. The maximum Gasteiger partial charge on any atom is 0.174 e. The zero-order chi connectivity index (χ0) is 22.8. The summed E-state index contributed by atoms with van der Waals surface area (Å²) in [7, 11) is 0. The lowest BCUT2D eigenvalue weighted by Gasteiger charge is -2.11. The number of aryl methyl sites for hydroxylation is 6. The van der Waals surface area contributed by atoms with Gasteiger partial charge < -0.3 is 0 Å². The molecule has 0 aliphatic rings. The highest BCUT2D eigenvalue weighted by Crippen LogP contribution is 2.27. The van der Waals surface area contributed by atoms with Crippen LogP contribution in [-0.2, 0) is 13.1 Å². The molecule has 2 nitrogen and oxygen atoms in total. The summed E-state index contributed by atoms with van der Waals surface area (Å²) in [5.41, 5.74) is 13.2. The molecule has 4 rings (SSSR count). The Morgan fingerprint density at radius 1 is 0.594 bits per heavy atom. The first-order chi connectivity index (χ1) is 15.4. The normalized spacial score (nSPS) is 11.1. The van der Waals surface area contributed by atoms with Crippen LogP contribution in [-0.4, -0.2) is 0 Å². The number of nitrogens with zero attached hydrogens (tertiary/aromatic N) is 2. The molecule has 0 spiro atoms. The third kappa shape index (κ3) is 4.50. The van der Waals surface area contributed by atoms with E-state index in [1.54, 1.807) is 0 Å². The van der Waals surface area contributed by atoms with Crippen LogP contribution in [0, 0.1) is 34.6 Å². The molecule has 0 atom stereocenters. The molecule has 0 aliphatic carbocycles. The average molecular weight is 423 g/mol. The fourth-order valence-electron chi connectivity index (χ4n) is 4.74. The molecule has 0 unspecified atom stereocenters. The Balaban J connectivity index is 1.59. The van der Waals surface area contributed by atoms with Crippen LogP contribution in [0.5, 0.6) is 0 Å². The Labute approximate surface area is 192 Å². The summed E-state index contributed by atoms with van der Waals surface area (Å²) in [6, 6.07) is 18.0. The molecular weight excluding hydrogens is 388 g/mol. The van der Waals surface area contributed by atoms with E-state index in [-0.39, 0.29) is 0 Å². The van der Waals surface area contributed by atoms with Gasteiger partial charge in [-0.15, -0.1) is 0 Å². The predicted octanol–water partition coefficient (Wildman–Crippen LogP) is 6.21. The van der Waals surface area contributed by atoms with Gasteiger partial charge in [-0.1, -0.05) is 42.0 Å². The lowest BCUT2D eigenvalue weighted by molar-refractivity contribution is -0.693. The highest BCUT2D eigenvalue weighted by Gasteiger charge is 2.13. The summed E-state index contributed by atoms with van der Waals surface area (Å²) in [4.78, 5) is 0. The number of aromatic nitrogens is 2. The minimum absolute atomic E-state index is 0.906. The Morgan fingerprint density at radius 2 is 1.06 bits per heavy atom. The first-order valence-electron chi connectivity index (χ1n) is 11.5. The number of hydrogen-bond donors (Lipinski definition) is 0. The van der Waals surface area contributed by atoms with Crippen molar-refractivity contribution < 1.29 is 9.13 Å². The predicted molar refractivity (Wildman–Crippen MR) is 133 cm³/mol. The molecule has 2 heterocycles. The molecule has 0 bridgehead atoms. The number of pyridine rings is 2. The van der Waals surface area contributed by atoms with Gasteiger partial charge >= 0.3 is 0 Å². The highest BCUT2D eigenvalue weighted by molar-refractivity contribution is 5.72. The summed E-state index contributed by atoms with van der Waals surface area (Å²) in [6.45, 7) is 15.1. The summed E-state index contributed by atoms with van der Waals surface area (Å²) in [5.74, 6) is 0. The molecule has 0 amide bonds. The van der Waals surface area contributed by atoms with Gasteiger partial charge in [0.25, 0.3) is 0 Å². The second kappa shape index (κ2) is 9.08. The third-order valence-corrected chi connectivity index (χ3v) is 6.49. The Hall–Kier alpha value is -3.26. The van der Waals surface area contributed by atoms with Crippen molar-refractivity contribution in [2.24, 2.45) is 0 Å². The molecule has 2 aromatic carbocycles. The molecule has 2 heteroatoms. The molecule has 0 N–H and O–H groups in total. The van der Waals surface area contributed by atoms with Crippen LogP contribution in [0.2, 0.25) is 0 Å². The van der Waals surface area contributed by atoms with E-state index in [0.717, 1.165) is 13.1 Å². The molecule has 2 aromatic heterocycles. The molecule has 0 fully saturated rings. The first kappa shape index (κ1) is 22.0. The van der Waals surface area contributed by atoms with E-state index in [2.05, 4.69) is 124 Å². The zero-order valence-electron chi connectivity index (χ0n) is 20.2. The van der Waals surface area contributed by atoms with Gasteiger partial charge in [-0.2, -0.15) is 0 Å². The molecule has 0 saturated carbocycles. The van der Waals surface area contributed by atoms with E-state index in [1.807, 2.05) is 0 Å². The van der Waals surface area contributed by atoms with Crippen LogP contribution in [0.3, 0.4) is 0 Å². The third-order valence-electron chi connectivity index (χ3n) is 6.49.